The van der Waals surface area contributed by atoms with E-state index in [1.165, 1.54) is 36.8 Å². The van der Waals surface area contributed by atoms with Gasteiger partial charge in [-0.1, -0.05) is 56.4 Å². The van der Waals surface area contributed by atoms with E-state index < -0.39 is 0 Å². The van der Waals surface area contributed by atoms with Crippen LogP contribution < -0.4 is 0 Å². The van der Waals surface area contributed by atoms with Crippen LogP contribution in [0, 0.1) is 11.8 Å². The Kier molecular flexibility index (Phi) is 7.10. The molecule has 1 saturated heterocycles. The molecular formula is C27H35N3O2S. The third-order valence-corrected chi connectivity index (χ3v) is 8.98. The highest BCUT2D eigenvalue weighted by Crippen LogP contribution is 2.39. The molecule has 1 aromatic heterocycles. The number of benzene rings is 1. The van der Waals surface area contributed by atoms with Gasteiger partial charge in [-0.15, -0.1) is 11.3 Å². The summed E-state index contributed by atoms with van der Waals surface area (Å²) in [6, 6.07) is 8.22. The van der Waals surface area contributed by atoms with Gasteiger partial charge < -0.3 is 9.80 Å². The zero-order valence-corrected chi connectivity index (χ0v) is 20.3. The van der Waals surface area contributed by atoms with Crippen molar-refractivity contribution in [3.05, 3.63) is 41.4 Å². The average Bonchev–Trinajstić information content (AvgIpc) is 3.32. The topological polar surface area (TPSA) is 53.5 Å². The Labute approximate surface area is 200 Å². The fraction of sp³-hybridized carbons (Fsp3) is 0.593. The van der Waals surface area contributed by atoms with Crippen LogP contribution in [0.3, 0.4) is 0 Å². The largest absolute Gasteiger partial charge is 0.339 e. The summed E-state index contributed by atoms with van der Waals surface area (Å²) in [6.07, 6.45) is 14.3. The van der Waals surface area contributed by atoms with E-state index in [4.69, 9.17) is 4.98 Å². The number of allylic oxidation sites excluding steroid dienone is 2. The van der Waals surface area contributed by atoms with Crippen LogP contribution in [0.15, 0.2) is 36.4 Å². The van der Waals surface area contributed by atoms with Crippen molar-refractivity contribution >= 4 is 33.4 Å². The van der Waals surface area contributed by atoms with Gasteiger partial charge in [-0.3, -0.25) is 9.59 Å². The molecule has 5 rings (SSSR count). The predicted molar refractivity (Wildman–Crippen MR) is 133 cm³/mol. The van der Waals surface area contributed by atoms with Gasteiger partial charge in [-0.05, 0) is 37.3 Å². The average molecular weight is 466 g/mol. The van der Waals surface area contributed by atoms with Gasteiger partial charge in [0.05, 0.1) is 21.1 Å². The lowest BCUT2D eigenvalue weighted by Crippen LogP contribution is -2.52. The highest BCUT2D eigenvalue weighted by molar-refractivity contribution is 7.18. The molecule has 2 heterocycles. The molecular weight excluding hydrogens is 430 g/mol. The van der Waals surface area contributed by atoms with Crippen LogP contribution >= 0.6 is 11.3 Å². The molecule has 1 saturated carbocycles. The van der Waals surface area contributed by atoms with E-state index in [1.807, 2.05) is 21.9 Å². The Balaban J connectivity index is 1.17. The lowest BCUT2D eigenvalue weighted by molar-refractivity contribution is -0.142. The number of hydrogen-bond acceptors (Lipinski definition) is 4. The molecule has 33 heavy (non-hydrogen) atoms. The third-order valence-electron chi connectivity index (χ3n) is 7.81. The van der Waals surface area contributed by atoms with Gasteiger partial charge in [0.2, 0.25) is 11.8 Å². The summed E-state index contributed by atoms with van der Waals surface area (Å²) in [4.78, 5) is 35.1. The van der Waals surface area contributed by atoms with Gasteiger partial charge in [-0.25, -0.2) is 4.98 Å². The van der Waals surface area contributed by atoms with E-state index in [0.717, 1.165) is 35.7 Å². The van der Waals surface area contributed by atoms with E-state index in [2.05, 4.69) is 24.3 Å². The number of carbonyl (C=O) groups excluding carboxylic acids is 2. The van der Waals surface area contributed by atoms with Crippen molar-refractivity contribution in [2.45, 2.75) is 63.7 Å². The van der Waals surface area contributed by atoms with Crippen LogP contribution in [0.5, 0.6) is 0 Å². The predicted octanol–water partition coefficient (Wildman–Crippen LogP) is 5.38. The molecule has 0 spiro atoms. The zero-order valence-electron chi connectivity index (χ0n) is 19.5. The minimum Gasteiger partial charge on any atom is -0.339 e. The van der Waals surface area contributed by atoms with Gasteiger partial charge in [0, 0.05) is 38.5 Å². The van der Waals surface area contributed by atoms with Crippen LogP contribution in [0.2, 0.25) is 0 Å². The first-order valence-corrected chi connectivity index (χ1v) is 13.6. The quantitative estimate of drug-likeness (QED) is 0.557. The molecule has 2 aromatic rings. The maximum Gasteiger partial charge on any atom is 0.226 e. The normalized spacial score (nSPS) is 24.4. The summed E-state index contributed by atoms with van der Waals surface area (Å²) in [7, 11) is 0. The monoisotopic (exact) mass is 465 g/mol. The molecule has 0 radical (unpaired) electrons. The number of nitrogens with zero attached hydrogens (tertiary/aromatic N) is 3. The molecule has 0 N–H and O–H groups in total. The van der Waals surface area contributed by atoms with Crippen molar-refractivity contribution in [3.8, 4) is 0 Å². The molecule has 2 amide bonds. The number of carbonyl (C=O) groups is 2. The second-order valence-electron chi connectivity index (χ2n) is 9.92. The smallest absolute Gasteiger partial charge is 0.226 e. The summed E-state index contributed by atoms with van der Waals surface area (Å²) < 4.78 is 1.19. The van der Waals surface area contributed by atoms with E-state index in [1.54, 1.807) is 11.3 Å². The summed E-state index contributed by atoms with van der Waals surface area (Å²) >= 11 is 1.72. The van der Waals surface area contributed by atoms with Crippen molar-refractivity contribution < 1.29 is 9.59 Å². The molecule has 176 valence electrons. The third kappa shape index (κ3) is 5.16. The van der Waals surface area contributed by atoms with Crippen molar-refractivity contribution in [3.63, 3.8) is 0 Å². The number of para-hydroxylation sites is 1. The summed E-state index contributed by atoms with van der Waals surface area (Å²) in [5, 5.41) is 1.08. The minimum absolute atomic E-state index is 0.0517. The molecule has 3 aliphatic rings. The Morgan fingerprint density at radius 1 is 0.939 bits per heavy atom. The maximum atomic E-state index is 13.5. The van der Waals surface area contributed by atoms with Crippen molar-refractivity contribution in [1.29, 1.82) is 0 Å². The first kappa shape index (κ1) is 22.6. The van der Waals surface area contributed by atoms with E-state index in [-0.39, 0.29) is 23.7 Å². The number of aromatic nitrogens is 1. The zero-order chi connectivity index (χ0) is 22.6. The summed E-state index contributed by atoms with van der Waals surface area (Å²) in [6.45, 7) is 2.65. The molecule has 2 unspecified atom stereocenters. The molecule has 2 atom stereocenters. The lowest BCUT2D eigenvalue weighted by Gasteiger charge is -2.38. The highest BCUT2D eigenvalue weighted by atomic mass is 32.1. The molecule has 1 aliphatic heterocycles. The maximum absolute atomic E-state index is 13.5. The van der Waals surface area contributed by atoms with E-state index in [0.29, 0.717) is 32.6 Å². The van der Waals surface area contributed by atoms with Gasteiger partial charge >= 0.3 is 0 Å². The first-order chi connectivity index (χ1) is 16.2. The molecule has 6 heteroatoms. The lowest BCUT2D eigenvalue weighted by atomic mass is 9.82. The highest BCUT2D eigenvalue weighted by Gasteiger charge is 2.36. The summed E-state index contributed by atoms with van der Waals surface area (Å²) in [5.41, 5.74) is 1.03. The second kappa shape index (κ2) is 10.4. The fourth-order valence-electron chi connectivity index (χ4n) is 5.78. The fourth-order valence-corrected chi connectivity index (χ4v) is 6.93. The number of thiazole rings is 1. The molecule has 0 bridgehead atoms. The van der Waals surface area contributed by atoms with Crippen molar-refractivity contribution in [2.24, 2.45) is 11.8 Å². The van der Waals surface area contributed by atoms with Gasteiger partial charge in [0.1, 0.15) is 0 Å². The van der Waals surface area contributed by atoms with Crippen LogP contribution in [0.4, 0.5) is 0 Å². The Hall–Kier alpha value is -2.21. The van der Waals surface area contributed by atoms with Crippen LogP contribution in [0.25, 0.3) is 10.2 Å². The standard InChI is InChI=1S/C27H35N3O2S/c31-25(15-14-20-8-2-1-3-9-20)29-16-18-30(19-17-29)27(32)22-11-5-4-10-21(22)26-28-23-12-6-7-13-24(23)33-26/h4-7,12-13,20-22H,1-3,8-11,14-19H2. The van der Waals surface area contributed by atoms with Gasteiger partial charge in [-0.2, -0.15) is 0 Å². The molecule has 5 nitrogen and oxygen atoms in total. The van der Waals surface area contributed by atoms with Gasteiger partial charge in [0.25, 0.3) is 0 Å². The van der Waals surface area contributed by atoms with Crippen LogP contribution in [-0.4, -0.2) is 52.8 Å². The van der Waals surface area contributed by atoms with E-state index >= 15 is 0 Å². The second-order valence-corrected chi connectivity index (χ2v) is 11.0. The number of piperazine rings is 1. The SMILES string of the molecule is O=C(CCC1CCCCC1)N1CCN(C(=O)C2CC=CCC2c2nc3ccccc3s2)CC1. The van der Waals surface area contributed by atoms with Crippen molar-refractivity contribution in [2.75, 3.05) is 26.2 Å². The number of fused-ring (bicyclic) bond motifs is 1. The van der Waals surface area contributed by atoms with E-state index in [9.17, 15) is 9.59 Å². The number of amides is 2. The Morgan fingerprint density at radius 2 is 1.67 bits per heavy atom. The van der Waals surface area contributed by atoms with Crippen LogP contribution in [-0.2, 0) is 9.59 Å². The van der Waals surface area contributed by atoms with Crippen molar-refractivity contribution in [1.82, 2.24) is 14.8 Å². The summed E-state index contributed by atoms with van der Waals surface area (Å²) in [5.74, 6) is 1.35. The molecule has 1 aromatic carbocycles. The molecule has 2 aliphatic carbocycles. The number of rotatable bonds is 5. The Morgan fingerprint density at radius 3 is 2.45 bits per heavy atom. The van der Waals surface area contributed by atoms with Crippen LogP contribution in [0.1, 0.15) is 68.7 Å². The first-order valence-electron chi connectivity index (χ1n) is 12.8. The Bertz CT molecular complexity index is 969. The van der Waals surface area contributed by atoms with Gasteiger partial charge in [0.15, 0.2) is 0 Å². The minimum atomic E-state index is -0.0517. The number of hydrogen-bond donors (Lipinski definition) is 0. The molecule has 2 fully saturated rings.